The number of rotatable bonds is 5. The van der Waals surface area contributed by atoms with E-state index in [0.29, 0.717) is 19.6 Å². The van der Waals surface area contributed by atoms with Crippen LogP contribution in [0.2, 0.25) is 0 Å². The molecule has 5 nitrogen and oxygen atoms in total. The van der Waals surface area contributed by atoms with Crippen LogP contribution in [-0.4, -0.2) is 29.1 Å². The second-order valence-electron chi connectivity index (χ2n) is 5.33. The van der Waals surface area contributed by atoms with Crippen LogP contribution in [0.1, 0.15) is 11.1 Å². The van der Waals surface area contributed by atoms with Gasteiger partial charge in [0.25, 0.3) is 0 Å². The molecule has 2 aromatic carbocycles. The molecule has 1 fully saturated rings. The third-order valence-electron chi connectivity index (χ3n) is 3.72. The fourth-order valence-electron chi connectivity index (χ4n) is 2.56. The van der Waals surface area contributed by atoms with Crippen LogP contribution in [0.25, 0.3) is 0 Å². The first-order chi connectivity index (χ1) is 10.7. The smallest absolute Gasteiger partial charge is 0.317 e. The summed E-state index contributed by atoms with van der Waals surface area (Å²) in [7, 11) is 0. The van der Waals surface area contributed by atoms with Gasteiger partial charge in [0.05, 0.1) is 0 Å². The molecule has 0 radical (unpaired) electrons. The number of hydrogen-bond donors (Lipinski definition) is 3. The molecule has 1 aliphatic heterocycles. The summed E-state index contributed by atoms with van der Waals surface area (Å²) in [6, 6.07) is 15.1. The Kier molecular flexibility index (Phi) is 4.14. The van der Waals surface area contributed by atoms with E-state index in [1.54, 1.807) is 17.0 Å². The van der Waals surface area contributed by atoms with E-state index in [-0.39, 0.29) is 11.8 Å². The molecular formula is C17H19N3O2. The Bertz CT molecular complexity index is 672. The molecule has 1 heterocycles. The van der Waals surface area contributed by atoms with E-state index in [9.17, 15) is 9.90 Å². The van der Waals surface area contributed by atoms with Gasteiger partial charge in [-0.25, -0.2) is 4.79 Å². The van der Waals surface area contributed by atoms with Crippen molar-refractivity contribution in [1.29, 1.82) is 0 Å². The highest BCUT2D eigenvalue weighted by atomic mass is 16.3. The molecule has 2 amide bonds. The first-order valence-electron chi connectivity index (χ1n) is 7.35. The van der Waals surface area contributed by atoms with E-state index in [0.717, 1.165) is 23.4 Å². The molecule has 0 unspecified atom stereocenters. The number of nitrogens with zero attached hydrogens (tertiary/aromatic N) is 1. The Morgan fingerprint density at radius 3 is 2.82 bits per heavy atom. The lowest BCUT2D eigenvalue weighted by Crippen LogP contribution is -2.27. The molecule has 2 aromatic rings. The zero-order valence-electron chi connectivity index (χ0n) is 12.2. The lowest BCUT2D eigenvalue weighted by atomic mass is 10.1. The monoisotopic (exact) mass is 297 g/mol. The van der Waals surface area contributed by atoms with Crippen LogP contribution in [0.5, 0.6) is 5.75 Å². The fraction of sp³-hybridized carbons (Fsp3) is 0.235. The minimum Gasteiger partial charge on any atom is -0.508 e. The number of urea groups is 1. The van der Waals surface area contributed by atoms with Crippen molar-refractivity contribution in [3.63, 3.8) is 0 Å². The van der Waals surface area contributed by atoms with Crippen molar-refractivity contribution in [2.24, 2.45) is 0 Å². The SMILES string of the molecule is O=C1NCCN1Cc1ccccc1NCc1cccc(O)c1. The van der Waals surface area contributed by atoms with Crippen LogP contribution in [0, 0.1) is 0 Å². The predicted octanol–water partition coefficient (Wildman–Crippen LogP) is 2.53. The molecule has 3 N–H and O–H groups in total. The number of carbonyl (C=O) groups excluding carboxylic acids is 1. The minimum absolute atomic E-state index is 0.0113. The quantitative estimate of drug-likeness (QED) is 0.794. The summed E-state index contributed by atoms with van der Waals surface area (Å²) in [5.74, 6) is 0.265. The van der Waals surface area contributed by atoms with Gasteiger partial charge >= 0.3 is 6.03 Å². The molecule has 0 aliphatic carbocycles. The van der Waals surface area contributed by atoms with Gasteiger partial charge < -0.3 is 20.6 Å². The zero-order chi connectivity index (χ0) is 15.4. The molecule has 22 heavy (non-hydrogen) atoms. The highest BCUT2D eigenvalue weighted by Gasteiger charge is 2.20. The van der Waals surface area contributed by atoms with Crippen LogP contribution in [0.3, 0.4) is 0 Å². The second-order valence-corrected chi connectivity index (χ2v) is 5.33. The standard InChI is InChI=1S/C17H19N3O2/c21-15-6-3-4-13(10-15)11-19-16-7-2-1-5-14(16)12-20-9-8-18-17(20)22/h1-7,10,19,21H,8-9,11-12H2,(H,18,22). The van der Waals surface area contributed by atoms with Crippen LogP contribution in [-0.2, 0) is 13.1 Å². The Labute approximate surface area is 129 Å². The van der Waals surface area contributed by atoms with Gasteiger partial charge in [-0.3, -0.25) is 0 Å². The highest BCUT2D eigenvalue weighted by Crippen LogP contribution is 2.20. The number of nitrogens with one attached hydrogen (secondary N) is 2. The van der Waals surface area contributed by atoms with Crippen molar-refractivity contribution in [2.75, 3.05) is 18.4 Å². The first kappa shape index (κ1) is 14.3. The average Bonchev–Trinajstić information content (AvgIpc) is 2.92. The number of aromatic hydroxyl groups is 1. The number of amides is 2. The van der Waals surface area contributed by atoms with E-state index in [1.807, 2.05) is 36.4 Å². The Morgan fingerprint density at radius 1 is 1.18 bits per heavy atom. The fourth-order valence-corrected chi connectivity index (χ4v) is 2.56. The van der Waals surface area contributed by atoms with Crippen molar-refractivity contribution >= 4 is 11.7 Å². The van der Waals surface area contributed by atoms with Gasteiger partial charge in [-0.2, -0.15) is 0 Å². The summed E-state index contributed by atoms with van der Waals surface area (Å²) in [4.78, 5) is 13.5. The molecule has 0 atom stereocenters. The maximum Gasteiger partial charge on any atom is 0.317 e. The number of anilines is 1. The number of benzene rings is 2. The molecule has 1 aliphatic rings. The third-order valence-corrected chi connectivity index (χ3v) is 3.72. The van der Waals surface area contributed by atoms with Crippen LogP contribution in [0.4, 0.5) is 10.5 Å². The van der Waals surface area contributed by atoms with Crippen molar-refractivity contribution in [1.82, 2.24) is 10.2 Å². The minimum atomic E-state index is -0.0113. The second kappa shape index (κ2) is 6.39. The predicted molar refractivity (Wildman–Crippen MR) is 85.7 cm³/mol. The normalized spacial score (nSPS) is 14.0. The Hall–Kier alpha value is -2.69. The van der Waals surface area contributed by atoms with Gasteiger partial charge in [-0.05, 0) is 29.3 Å². The molecule has 0 spiro atoms. The summed E-state index contributed by atoms with van der Waals surface area (Å²) >= 11 is 0. The topological polar surface area (TPSA) is 64.6 Å². The van der Waals surface area contributed by atoms with Crippen LogP contribution >= 0.6 is 0 Å². The van der Waals surface area contributed by atoms with Crippen LogP contribution < -0.4 is 10.6 Å². The summed E-state index contributed by atoms with van der Waals surface area (Å²) in [6.07, 6.45) is 0. The maximum atomic E-state index is 11.7. The molecule has 0 aromatic heterocycles. The summed E-state index contributed by atoms with van der Waals surface area (Å²) in [5, 5.41) is 15.7. The summed E-state index contributed by atoms with van der Waals surface area (Å²) in [6.45, 7) is 2.66. The van der Waals surface area contributed by atoms with Gasteiger partial charge in [0, 0.05) is 31.9 Å². The van der Waals surface area contributed by atoms with Crippen molar-refractivity contribution < 1.29 is 9.90 Å². The molecule has 1 saturated heterocycles. The number of phenols is 1. The van der Waals surface area contributed by atoms with Gasteiger partial charge in [0.1, 0.15) is 5.75 Å². The Morgan fingerprint density at radius 2 is 2.05 bits per heavy atom. The van der Waals surface area contributed by atoms with E-state index in [1.165, 1.54) is 0 Å². The number of para-hydroxylation sites is 1. The summed E-state index contributed by atoms with van der Waals surface area (Å²) in [5.41, 5.74) is 3.10. The van der Waals surface area contributed by atoms with E-state index in [4.69, 9.17) is 0 Å². The van der Waals surface area contributed by atoms with Gasteiger partial charge in [0.2, 0.25) is 0 Å². The van der Waals surface area contributed by atoms with Gasteiger partial charge in [-0.1, -0.05) is 30.3 Å². The molecule has 0 saturated carbocycles. The maximum absolute atomic E-state index is 11.7. The largest absolute Gasteiger partial charge is 0.508 e. The van der Waals surface area contributed by atoms with Gasteiger partial charge in [0.15, 0.2) is 0 Å². The third kappa shape index (κ3) is 3.31. The molecule has 3 rings (SSSR count). The number of phenolic OH excluding ortho intramolecular Hbond substituents is 1. The first-order valence-corrected chi connectivity index (χ1v) is 7.35. The number of carbonyl (C=O) groups is 1. The van der Waals surface area contributed by atoms with Gasteiger partial charge in [-0.15, -0.1) is 0 Å². The highest BCUT2D eigenvalue weighted by molar-refractivity contribution is 5.76. The molecule has 0 bridgehead atoms. The van der Waals surface area contributed by atoms with E-state index in [2.05, 4.69) is 10.6 Å². The molecule has 5 heteroatoms. The lowest BCUT2D eigenvalue weighted by Gasteiger charge is -2.18. The molecular weight excluding hydrogens is 278 g/mol. The summed E-state index contributed by atoms with van der Waals surface area (Å²) < 4.78 is 0. The van der Waals surface area contributed by atoms with Crippen molar-refractivity contribution in [2.45, 2.75) is 13.1 Å². The number of hydrogen-bond acceptors (Lipinski definition) is 3. The van der Waals surface area contributed by atoms with E-state index >= 15 is 0 Å². The molecule has 114 valence electrons. The Balaban J connectivity index is 1.69. The average molecular weight is 297 g/mol. The lowest BCUT2D eigenvalue weighted by molar-refractivity contribution is 0.215. The van der Waals surface area contributed by atoms with E-state index < -0.39 is 0 Å². The zero-order valence-corrected chi connectivity index (χ0v) is 12.2. The van der Waals surface area contributed by atoms with Crippen molar-refractivity contribution in [3.8, 4) is 5.75 Å². The van der Waals surface area contributed by atoms with Crippen LogP contribution in [0.15, 0.2) is 48.5 Å². The van der Waals surface area contributed by atoms with Crippen molar-refractivity contribution in [3.05, 3.63) is 59.7 Å².